The smallest absolute Gasteiger partial charge is 0.254 e. The SMILES string of the molecule is COc1cccc(C(=O)N2C[C@H](O)C[C@H]2C(=O)NCC2=CCC=C(c3cnco3)C=C2)c1. The number of oxazole rings is 1. The average molecular weight is 435 g/mol. The molecular weight excluding hydrogens is 410 g/mol. The molecule has 2 N–H and O–H groups in total. The Morgan fingerprint density at radius 1 is 1.31 bits per heavy atom. The van der Waals surface area contributed by atoms with Gasteiger partial charge in [0.25, 0.3) is 5.91 Å². The highest BCUT2D eigenvalue weighted by Gasteiger charge is 2.39. The van der Waals surface area contributed by atoms with Gasteiger partial charge in [0, 0.05) is 30.6 Å². The molecule has 1 aliphatic heterocycles. The Labute approximate surface area is 185 Å². The molecule has 32 heavy (non-hydrogen) atoms. The van der Waals surface area contributed by atoms with Gasteiger partial charge in [0.15, 0.2) is 12.2 Å². The Balaban J connectivity index is 1.39. The summed E-state index contributed by atoms with van der Waals surface area (Å²) in [6.45, 7) is 0.432. The van der Waals surface area contributed by atoms with Crippen molar-refractivity contribution in [1.29, 1.82) is 0 Å². The number of rotatable bonds is 6. The van der Waals surface area contributed by atoms with Crippen LogP contribution in [-0.4, -0.2) is 59.1 Å². The normalized spacial score (nSPS) is 20.4. The number of nitrogens with zero attached hydrogens (tertiary/aromatic N) is 2. The second kappa shape index (κ2) is 9.65. The van der Waals surface area contributed by atoms with Crippen LogP contribution in [0.1, 0.15) is 29.0 Å². The van der Waals surface area contributed by atoms with E-state index in [1.807, 2.05) is 24.3 Å². The summed E-state index contributed by atoms with van der Waals surface area (Å²) in [7, 11) is 1.53. The summed E-state index contributed by atoms with van der Waals surface area (Å²) in [5, 5.41) is 13.1. The van der Waals surface area contributed by atoms with Crippen molar-refractivity contribution in [2.24, 2.45) is 0 Å². The van der Waals surface area contributed by atoms with Gasteiger partial charge < -0.3 is 24.5 Å². The standard InChI is InChI=1S/C24H25N3O5/c1-31-20-7-3-6-18(10-20)24(30)27-14-19(28)11-21(27)23(29)26-12-16-4-2-5-17(9-8-16)22-13-25-15-32-22/h3-10,13,15,19,21,28H,2,11-12,14H2,1H3,(H,26,29)/t19-,21+/m1/s1. The fraction of sp³-hybridized carbons (Fsp3) is 0.292. The molecule has 0 unspecified atom stereocenters. The van der Waals surface area contributed by atoms with Crippen LogP contribution in [0.25, 0.3) is 5.57 Å². The first kappa shape index (κ1) is 21.6. The molecule has 0 saturated carbocycles. The Kier molecular flexibility index (Phi) is 6.51. The zero-order valence-electron chi connectivity index (χ0n) is 17.7. The third kappa shape index (κ3) is 4.81. The maximum absolute atomic E-state index is 13.0. The highest BCUT2D eigenvalue weighted by Crippen LogP contribution is 2.23. The lowest BCUT2D eigenvalue weighted by atomic mass is 10.1. The largest absolute Gasteiger partial charge is 0.497 e. The highest BCUT2D eigenvalue weighted by atomic mass is 16.5. The van der Waals surface area contributed by atoms with E-state index >= 15 is 0 Å². The lowest BCUT2D eigenvalue weighted by molar-refractivity contribution is -0.124. The van der Waals surface area contributed by atoms with Gasteiger partial charge in [0.1, 0.15) is 11.8 Å². The zero-order valence-corrected chi connectivity index (χ0v) is 17.7. The highest BCUT2D eigenvalue weighted by molar-refractivity contribution is 5.98. The van der Waals surface area contributed by atoms with E-state index in [0.717, 1.165) is 11.1 Å². The first-order valence-electron chi connectivity index (χ1n) is 10.4. The molecule has 1 aromatic heterocycles. The van der Waals surface area contributed by atoms with Gasteiger partial charge in [-0.15, -0.1) is 0 Å². The summed E-state index contributed by atoms with van der Waals surface area (Å²) in [5.41, 5.74) is 2.28. The van der Waals surface area contributed by atoms with E-state index in [-0.39, 0.29) is 24.8 Å². The molecule has 0 radical (unpaired) electrons. The van der Waals surface area contributed by atoms with E-state index in [2.05, 4.69) is 10.3 Å². The number of aliphatic hydroxyl groups excluding tert-OH is 1. The monoisotopic (exact) mass is 435 g/mol. The second-order valence-electron chi connectivity index (χ2n) is 7.69. The third-order valence-corrected chi connectivity index (χ3v) is 5.54. The van der Waals surface area contributed by atoms with Crippen molar-refractivity contribution in [3.05, 3.63) is 78.1 Å². The van der Waals surface area contributed by atoms with Crippen LogP contribution in [0, 0.1) is 0 Å². The van der Waals surface area contributed by atoms with Crippen molar-refractivity contribution in [3.63, 3.8) is 0 Å². The Morgan fingerprint density at radius 3 is 2.97 bits per heavy atom. The van der Waals surface area contributed by atoms with Crippen LogP contribution in [-0.2, 0) is 4.79 Å². The van der Waals surface area contributed by atoms with Gasteiger partial charge in [-0.1, -0.05) is 30.4 Å². The van der Waals surface area contributed by atoms with Crippen molar-refractivity contribution in [3.8, 4) is 5.75 Å². The molecule has 8 nitrogen and oxygen atoms in total. The summed E-state index contributed by atoms with van der Waals surface area (Å²) in [6, 6.07) is 6.03. The molecule has 1 saturated heterocycles. The molecule has 1 aromatic carbocycles. The molecule has 4 rings (SSSR count). The van der Waals surface area contributed by atoms with Crippen molar-refractivity contribution in [1.82, 2.24) is 15.2 Å². The molecule has 2 heterocycles. The van der Waals surface area contributed by atoms with Gasteiger partial charge in [-0.2, -0.15) is 0 Å². The fourth-order valence-electron chi connectivity index (χ4n) is 3.86. The third-order valence-electron chi connectivity index (χ3n) is 5.54. The number of allylic oxidation sites excluding steroid dienone is 4. The maximum Gasteiger partial charge on any atom is 0.254 e. The number of hydrogen-bond donors (Lipinski definition) is 2. The number of aromatic nitrogens is 1. The number of β-amino-alcohol motifs (C(OH)–C–C–N with tert-alkyl or cyclic N) is 1. The van der Waals surface area contributed by atoms with E-state index in [1.54, 1.807) is 30.5 Å². The predicted molar refractivity (Wildman–Crippen MR) is 118 cm³/mol. The predicted octanol–water partition coefficient (Wildman–Crippen LogP) is 2.34. The molecule has 166 valence electrons. The van der Waals surface area contributed by atoms with Gasteiger partial charge in [0.05, 0.1) is 19.4 Å². The number of carbonyl (C=O) groups is 2. The molecule has 2 aliphatic rings. The van der Waals surface area contributed by atoms with Crippen LogP contribution >= 0.6 is 0 Å². The molecule has 0 bridgehead atoms. The van der Waals surface area contributed by atoms with Gasteiger partial charge in [-0.25, -0.2) is 4.98 Å². The van der Waals surface area contributed by atoms with E-state index in [1.165, 1.54) is 18.4 Å². The Bertz CT molecular complexity index is 1070. The van der Waals surface area contributed by atoms with Crippen LogP contribution in [0.5, 0.6) is 5.75 Å². The van der Waals surface area contributed by atoms with E-state index < -0.39 is 12.1 Å². The number of hydrogen-bond acceptors (Lipinski definition) is 6. The number of methoxy groups -OCH3 is 1. The summed E-state index contributed by atoms with van der Waals surface area (Å²) in [6.07, 6.45) is 11.1. The molecule has 1 fully saturated rings. The topological polar surface area (TPSA) is 105 Å². The fourth-order valence-corrected chi connectivity index (χ4v) is 3.86. The zero-order chi connectivity index (χ0) is 22.5. The van der Waals surface area contributed by atoms with Crippen LogP contribution in [0.2, 0.25) is 0 Å². The molecular formula is C24H25N3O5. The van der Waals surface area contributed by atoms with E-state index in [9.17, 15) is 14.7 Å². The quantitative estimate of drug-likeness (QED) is 0.722. The molecule has 8 heteroatoms. The summed E-state index contributed by atoms with van der Waals surface area (Å²) in [4.78, 5) is 31.3. The van der Waals surface area contributed by atoms with Crippen molar-refractivity contribution in [2.45, 2.75) is 25.0 Å². The van der Waals surface area contributed by atoms with Gasteiger partial charge in [-0.05, 0) is 30.2 Å². The lowest BCUT2D eigenvalue weighted by Gasteiger charge is -2.24. The molecule has 2 aromatic rings. The number of nitrogens with one attached hydrogen (secondary N) is 1. The summed E-state index contributed by atoms with van der Waals surface area (Å²) >= 11 is 0. The average Bonchev–Trinajstić information content (AvgIpc) is 3.42. The van der Waals surface area contributed by atoms with Crippen molar-refractivity contribution in [2.75, 3.05) is 20.2 Å². The van der Waals surface area contributed by atoms with Crippen molar-refractivity contribution < 1.29 is 23.8 Å². The molecule has 0 spiro atoms. The van der Waals surface area contributed by atoms with E-state index in [4.69, 9.17) is 9.15 Å². The number of aliphatic hydroxyl groups is 1. The van der Waals surface area contributed by atoms with E-state index in [0.29, 0.717) is 30.0 Å². The summed E-state index contributed by atoms with van der Waals surface area (Å²) in [5.74, 6) is 0.642. The van der Waals surface area contributed by atoms with Crippen molar-refractivity contribution >= 4 is 17.4 Å². The van der Waals surface area contributed by atoms with Gasteiger partial charge in [0.2, 0.25) is 5.91 Å². The maximum atomic E-state index is 13.0. The van der Waals surface area contributed by atoms with Gasteiger partial charge in [-0.3, -0.25) is 9.59 Å². The number of carbonyl (C=O) groups excluding carboxylic acids is 2. The molecule has 1 aliphatic carbocycles. The molecule has 2 atom stereocenters. The molecule has 2 amide bonds. The lowest BCUT2D eigenvalue weighted by Crippen LogP contribution is -2.46. The number of ether oxygens (including phenoxy) is 1. The number of benzene rings is 1. The van der Waals surface area contributed by atoms with Crippen LogP contribution in [0.15, 0.2) is 71.2 Å². The summed E-state index contributed by atoms with van der Waals surface area (Å²) < 4.78 is 10.5. The Morgan fingerprint density at radius 2 is 2.19 bits per heavy atom. The van der Waals surface area contributed by atoms with Crippen LogP contribution in [0.4, 0.5) is 0 Å². The van der Waals surface area contributed by atoms with Gasteiger partial charge >= 0.3 is 0 Å². The minimum Gasteiger partial charge on any atom is -0.497 e. The minimum atomic E-state index is -0.744. The second-order valence-corrected chi connectivity index (χ2v) is 7.69. The minimum absolute atomic E-state index is 0.112. The first-order valence-corrected chi connectivity index (χ1v) is 10.4. The number of likely N-dealkylation sites (tertiary alicyclic amines) is 1. The number of amides is 2. The first-order chi connectivity index (χ1) is 15.5. The van der Waals surface area contributed by atoms with Crippen LogP contribution in [0.3, 0.4) is 0 Å². The Hall–Kier alpha value is -3.65. The van der Waals surface area contributed by atoms with Crippen LogP contribution < -0.4 is 10.1 Å².